The van der Waals surface area contributed by atoms with Crippen LogP contribution in [0.1, 0.15) is 27.7 Å². The van der Waals surface area contributed by atoms with Gasteiger partial charge in [-0.2, -0.15) is 0 Å². The van der Waals surface area contributed by atoms with Crippen LogP contribution in [-0.2, 0) is 0 Å². The van der Waals surface area contributed by atoms with Crippen molar-refractivity contribution >= 4 is 17.2 Å². The van der Waals surface area contributed by atoms with Gasteiger partial charge in [0.05, 0.1) is 12.2 Å². The van der Waals surface area contributed by atoms with E-state index >= 15 is 0 Å². The van der Waals surface area contributed by atoms with Crippen LogP contribution in [0.2, 0.25) is 0 Å². The molecule has 9 heteroatoms. The Hall–Kier alpha value is -3.56. The van der Waals surface area contributed by atoms with Gasteiger partial charge in [0.15, 0.2) is 0 Å². The molecule has 0 bridgehead atoms. The smallest absolute Gasteiger partial charge is 0.273 e. The maximum absolute atomic E-state index is 13.5. The predicted octanol–water partition coefficient (Wildman–Crippen LogP) is 4.43. The molecular weight excluding hydrogens is 456 g/mol. The van der Waals surface area contributed by atoms with E-state index in [1.165, 1.54) is 35.6 Å². The molecule has 6 nitrogen and oxygen atoms in total. The van der Waals surface area contributed by atoms with Gasteiger partial charge in [-0.15, -0.1) is 11.3 Å². The number of hydrogen-bond donors (Lipinski definition) is 0. The first-order chi connectivity index (χ1) is 16.6. The third kappa shape index (κ3) is 4.71. The van der Waals surface area contributed by atoms with Gasteiger partial charge in [-0.25, -0.2) is 13.8 Å². The van der Waals surface area contributed by atoms with Crippen molar-refractivity contribution in [3.05, 3.63) is 101 Å². The summed E-state index contributed by atoms with van der Waals surface area (Å²) in [6, 6.07) is 12.6. The van der Waals surface area contributed by atoms with E-state index in [0.717, 1.165) is 11.1 Å². The number of piperazine rings is 1. The van der Waals surface area contributed by atoms with Crippen LogP contribution in [0, 0.1) is 11.6 Å². The SMILES string of the molecule is O=C(c1csc(-c2cnccn2)n1)N1CCN(C(c2ccc(F)cc2)c2ccc(F)cc2)CC1. The highest BCUT2D eigenvalue weighted by Gasteiger charge is 2.29. The van der Waals surface area contributed by atoms with Crippen LogP contribution in [0.3, 0.4) is 0 Å². The predicted molar refractivity (Wildman–Crippen MR) is 125 cm³/mol. The maximum atomic E-state index is 13.5. The molecule has 0 N–H and O–H groups in total. The normalized spacial score (nSPS) is 14.5. The summed E-state index contributed by atoms with van der Waals surface area (Å²) in [5.41, 5.74) is 2.87. The Morgan fingerprint density at radius 3 is 2.06 bits per heavy atom. The lowest BCUT2D eigenvalue weighted by atomic mass is 9.96. The third-order valence-electron chi connectivity index (χ3n) is 5.84. The van der Waals surface area contributed by atoms with Gasteiger partial charge >= 0.3 is 0 Å². The summed E-state index contributed by atoms with van der Waals surface area (Å²) in [5.74, 6) is -0.728. The lowest BCUT2D eigenvalue weighted by Gasteiger charge is -2.39. The zero-order valence-corrected chi connectivity index (χ0v) is 19.0. The van der Waals surface area contributed by atoms with Crippen molar-refractivity contribution < 1.29 is 13.6 Å². The summed E-state index contributed by atoms with van der Waals surface area (Å²) in [7, 11) is 0. The number of thiazole rings is 1. The van der Waals surface area contributed by atoms with Crippen molar-refractivity contribution in [2.24, 2.45) is 0 Å². The molecule has 34 heavy (non-hydrogen) atoms. The number of nitrogens with zero attached hydrogens (tertiary/aromatic N) is 5. The summed E-state index contributed by atoms with van der Waals surface area (Å²) < 4.78 is 27.1. The Balaban J connectivity index is 1.31. The molecule has 0 saturated carbocycles. The zero-order valence-electron chi connectivity index (χ0n) is 18.1. The second kappa shape index (κ2) is 9.74. The number of rotatable bonds is 5. The molecule has 0 aliphatic carbocycles. The minimum absolute atomic E-state index is 0.119. The Bertz CT molecular complexity index is 1210. The molecular formula is C25H21F2N5OS. The maximum Gasteiger partial charge on any atom is 0.273 e. The summed E-state index contributed by atoms with van der Waals surface area (Å²) >= 11 is 1.36. The average molecular weight is 478 g/mol. The van der Waals surface area contributed by atoms with E-state index in [9.17, 15) is 13.6 Å². The van der Waals surface area contributed by atoms with E-state index in [1.807, 2.05) is 0 Å². The van der Waals surface area contributed by atoms with Crippen LogP contribution in [0.4, 0.5) is 8.78 Å². The molecule has 1 amide bonds. The summed E-state index contributed by atoms with van der Waals surface area (Å²) in [6.07, 6.45) is 4.81. The van der Waals surface area contributed by atoms with Crippen molar-refractivity contribution in [1.82, 2.24) is 24.8 Å². The van der Waals surface area contributed by atoms with Crippen molar-refractivity contribution in [2.45, 2.75) is 6.04 Å². The number of amides is 1. The van der Waals surface area contributed by atoms with Crippen LogP contribution in [0.25, 0.3) is 10.7 Å². The van der Waals surface area contributed by atoms with E-state index in [1.54, 1.807) is 53.1 Å². The second-order valence-electron chi connectivity index (χ2n) is 7.96. The van der Waals surface area contributed by atoms with Crippen LogP contribution in [-0.4, -0.2) is 56.8 Å². The highest BCUT2D eigenvalue weighted by atomic mass is 32.1. The van der Waals surface area contributed by atoms with Crippen LogP contribution < -0.4 is 0 Å². The van der Waals surface area contributed by atoms with Crippen LogP contribution in [0.15, 0.2) is 72.5 Å². The minimum atomic E-state index is -0.305. The van der Waals surface area contributed by atoms with E-state index in [4.69, 9.17) is 0 Å². The monoisotopic (exact) mass is 477 g/mol. The molecule has 4 aromatic rings. The van der Waals surface area contributed by atoms with Gasteiger partial charge in [-0.1, -0.05) is 24.3 Å². The summed E-state index contributed by atoms with van der Waals surface area (Å²) in [4.78, 5) is 29.8. The Labute approximate surface area is 199 Å². The van der Waals surface area contributed by atoms with Crippen molar-refractivity contribution in [1.29, 1.82) is 0 Å². The number of carbonyl (C=O) groups is 1. The van der Waals surface area contributed by atoms with Crippen molar-refractivity contribution in [3.8, 4) is 10.7 Å². The highest BCUT2D eigenvalue weighted by Crippen LogP contribution is 2.30. The summed E-state index contributed by atoms with van der Waals surface area (Å²) in [6.45, 7) is 2.28. The molecule has 0 spiro atoms. The Kier molecular flexibility index (Phi) is 6.37. The molecule has 2 aromatic heterocycles. The lowest BCUT2D eigenvalue weighted by Crippen LogP contribution is -2.50. The molecule has 172 valence electrons. The van der Waals surface area contributed by atoms with Crippen LogP contribution in [0.5, 0.6) is 0 Å². The fourth-order valence-corrected chi connectivity index (χ4v) is 4.90. The number of carbonyl (C=O) groups excluding carboxylic acids is 1. The van der Waals surface area contributed by atoms with Gasteiger partial charge in [0.1, 0.15) is 28.0 Å². The molecule has 0 atom stereocenters. The largest absolute Gasteiger partial charge is 0.335 e. The van der Waals surface area contributed by atoms with Gasteiger partial charge in [0.2, 0.25) is 0 Å². The van der Waals surface area contributed by atoms with Crippen LogP contribution >= 0.6 is 11.3 Å². The molecule has 2 aromatic carbocycles. The standard InChI is InChI=1S/C25H21F2N5OS/c26-19-5-1-17(2-6-19)23(18-3-7-20(27)8-4-18)31-11-13-32(14-12-31)25(33)22-16-34-24(30-22)21-15-28-9-10-29-21/h1-10,15-16,23H,11-14H2. The molecule has 0 unspecified atom stereocenters. The zero-order chi connectivity index (χ0) is 23.5. The fraction of sp³-hybridized carbons (Fsp3) is 0.200. The molecule has 0 radical (unpaired) electrons. The van der Waals surface area contributed by atoms with Gasteiger partial charge < -0.3 is 4.90 Å². The number of aromatic nitrogens is 3. The van der Waals surface area contributed by atoms with Gasteiger partial charge in [0, 0.05) is 44.0 Å². The lowest BCUT2D eigenvalue weighted by molar-refractivity contribution is 0.0592. The van der Waals surface area contributed by atoms with E-state index in [0.29, 0.717) is 42.6 Å². The second-order valence-corrected chi connectivity index (χ2v) is 8.82. The molecule has 3 heterocycles. The summed E-state index contributed by atoms with van der Waals surface area (Å²) in [5, 5.41) is 2.40. The Morgan fingerprint density at radius 1 is 0.882 bits per heavy atom. The Morgan fingerprint density at radius 2 is 1.50 bits per heavy atom. The topological polar surface area (TPSA) is 62.2 Å². The average Bonchev–Trinajstić information content (AvgIpc) is 3.37. The molecule has 1 saturated heterocycles. The van der Waals surface area contributed by atoms with Gasteiger partial charge in [-0.3, -0.25) is 19.7 Å². The first kappa shape index (κ1) is 22.2. The number of halogens is 2. The fourth-order valence-electron chi connectivity index (χ4n) is 4.15. The first-order valence-electron chi connectivity index (χ1n) is 10.8. The molecule has 1 fully saturated rings. The number of benzene rings is 2. The van der Waals surface area contributed by atoms with Crippen molar-refractivity contribution in [3.63, 3.8) is 0 Å². The van der Waals surface area contributed by atoms with Gasteiger partial charge in [0.25, 0.3) is 5.91 Å². The molecule has 5 rings (SSSR count). The van der Waals surface area contributed by atoms with E-state index in [-0.39, 0.29) is 23.6 Å². The molecule has 1 aliphatic heterocycles. The quantitative estimate of drug-likeness (QED) is 0.426. The minimum Gasteiger partial charge on any atom is -0.335 e. The third-order valence-corrected chi connectivity index (χ3v) is 6.71. The van der Waals surface area contributed by atoms with E-state index in [2.05, 4.69) is 19.9 Å². The van der Waals surface area contributed by atoms with E-state index < -0.39 is 0 Å². The number of hydrogen-bond acceptors (Lipinski definition) is 6. The van der Waals surface area contributed by atoms with Gasteiger partial charge in [-0.05, 0) is 35.4 Å². The van der Waals surface area contributed by atoms with Crippen molar-refractivity contribution in [2.75, 3.05) is 26.2 Å². The first-order valence-corrected chi connectivity index (χ1v) is 11.7. The highest BCUT2D eigenvalue weighted by molar-refractivity contribution is 7.13. The molecule has 1 aliphatic rings.